The van der Waals surface area contributed by atoms with E-state index < -0.39 is 39.9 Å². The molecular weight excluding hydrogens is 432 g/mol. The van der Waals surface area contributed by atoms with E-state index in [0.717, 1.165) is 14.8 Å². The number of hydrogen-bond acceptors (Lipinski definition) is 6. The van der Waals surface area contributed by atoms with E-state index >= 15 is 0 Å². The lowest BCUT2D eigenvalue weighted by Gasteiger charge is -2.31. The van der Waals surface area contributed by atoms with Gasteiger partial charge in [0.25, 0.3) is 5.91 Å². The highest BCUT2D eigenvalue weighted by atomic mass is 32.2. The molecule has 1 aliphatic rings. The molecule has 0 aliphatic carbocycles. The molecule has 0 radical (unpaired) electrons. The van der Waals surface area contributed by atoms with Gasteiger partial charge in [0.2, 0.25) is 15.9 Å². The Hall–Kier alpha value is -3.04. The number of sulfonamides is 1. The molecule has 2 aromatic carbocycles. The van der Waals surface area contributed by atoms with Crippen molar-refractivity contribution in [2.45, 2.75) is 57.5 Å². The quantitative estimate of drug-likeness (QED) is 0.359. The second-order valence-corrected chi connectivity index (χ2v) is 9.62. The summed E-state index contributed by atoms with van der Waals surface area (Å²) in [6.07, 6.45) is 0.222. The largest absolute Gasteiger partial charge is 0.427 e. The highest BCUT2D eigenvalue weighted by Gasteiger charge is 2.48. The van der Waals surface area contributed by atoms with Gasteiger partial charge in [-0.1, -0.05) is 24.6 Å². The first-order chi connectivity index (χ1) is 15.1. The van der Waals surface area contributed by atoms with Crippen LogP contribution in [-0.4, -0.2) is 42.6 Å². The number of rotatable bonds is 7. The molecule has 2 amide bonds. The minimum absolute atomic E-state index is 0.0767. The lowest BCUT2D eigenvalue weighted by atomic mass is 10.2. The zero-order valence-corrected chi connectivity index (χ0v) is 19.3. The van der Waals surface area contributed by atoms with Crippen molar-refractivity contribution in [1.82, 2.24) is 4.31 Å². The summed E-state index contributed by atoms with van der Waals surface area (Å²) < 4.78 is 33.1. The number of carbonyl (C=O) groups excluding carboxylic acids is 3. The maximum absolute atomic E-state index is 13.5. The Morgan fingerprint density at radius 2 is 1.72 bits per heavy atom. The minimum Gasteiger partial charge on any atom is -0.427 e. The lowest BCUT2D eigenvalue weighted by Crippen LogP contribution is -2.49. The van der Waals surface area contributed by atoms with Crippen molar-refractivity contribution < 1.29 is 27.5 Å². The summed E-state index contributed by atoms with van der Waals surface area (Å²) in [6.45, 7) is 6.67. The van der Waals surface area contributed by atoms with E-state index in [1.807, 2.05) is 13.8 Å². The van der Waals surface area contributed by atoms with Gasteiger partial charge >= 0.3 is 5.97 Å². The first kappa shape index (κ1) is 23.6. The van der Waals surface area contributed by atoms with Gasteiger partial charge in [-0.3, -0.25) is 14.4 Å². The summed E-state index contributed by atoms with van der Waals surface area (Å²) in [5.74, 6) is -1.31. The molecule has 1 heterocycles. The Morgan fingerprint density at radius 1 is 1.12 bits per heavy atom. The van der Waals surface area contributed by atoms with Crippen molar-refractivity contribution in [2.24, 2.45) is 0 Å². The van der Waals surface area contributed by atoms with Crippen molar-refractivity contribution >= 4 is 33.5 Å². The summed E-state index contributed by atoms with van der Waals surface area (Å²) in [7, 11) is -4.02. The molecule has 0 aromatic heterocycles. The van der Waals surface area contributed by atoms with Crippen LogP contribution in [0.5, 0.6) is 5.75 Å². The number of anilines is 1. The van der Waals surface area contributed by atoms with E-state index in [9.17, 15) is 22.8 Å². The van der Waals surface area contributed by atoms with E-state index in [4.69, 9.17) is 4.74 Å². The van der Waals surface area contributed by atoms with Gasteiger partial charge in [0.05, 0.1) is 17.0 Å². The van der Waals surface area contributed by atoms with Crippen LogP contribution in [0.1, 0.15) is 39.2 Å². The van der Waals surface area contributed by atoms with Gasteiger partial charge in [0.15, 0.2) is 0 Å². The molecule has 170 valence electrons. The molecular formula is C23H26N2O6S. The van der Waals surface area contributed by atoms with Crippen molar-refractivity contribution in [2.75, 3.05) is 4.90 Å². The van der Waals surface area contributed by atoms with Gasteiger partial charge in [0, 0.05) is 13.0 Å². The number of esters is 1. The van der Waals surface area contributed by atoms with Crippen LogP contribution in [0.25, 0.3) is 0 Å². The second kappa shape index (κ2) is 9.22. The fraction of sp³-hybridized carbons (Fsp3) is 0.348. The Balaban J connectivity index is 1.95. The van der Waals surface area contributed by atoms with Gasteiger partial charge in [-0.25, -0.2) is 13.3 Å². The van der Waals surface area contributed by atoms with Gasteiger partial charge in [-0.2, -0.15) is 4.31 Å². The van der Waals surface area contributed by atoms with Crippen LogP contribution in [-0.2, 0) is 24.4 Å². The van der Waals surface area contributed by atoms with Gasteiger partial charge in [-0.15, -0.1) is 0 Å². The van der Waals surface area contributed by atoms with Crippen molar-refractivity contribution in [3.63, 3.8) is 0 Å². The van der Waals surface area contributed by atoms with Crippen LogP contribution < -0.4 is 9.64 Å². The molecule has 8 nitrogen and oxygen atoms in total. The molecule has 0 bridgehead atoms. The third kappa shape index (κ3) is 4.58. The molecule has 3 rings (SSSR count). The van der Waals surface area contributed by atoms with E-state index in [2.05, 4.69) is 0 Å². The van der Waals surface area contributed by atoms with Crippen molar-refractivity contribution in [1.29, 1.82) is 0 Å². The molecule has 0 N–H and O–H groups in total. The van der Waals surface area contributed by atoms with Crippen LogP contribution in [0.15, 0.2) is 53.4 Å². The summed E-state index contributed by atoms with van der Waals surface area (Å²) in [5.41, 5.74) is 1.20. The summed E-state index contributed by atoms with van der Waals surface area (Å²) >= 11 is 0. The average Bonchev–Trinajstić information content (AvgIpc) is 3.02. The monoisotopic (exact) mass is 458 g/mol. The summed E-state index contributed by atoms with van der Waals surface area (Å²) in [6, 6.07) is 10.7. The van der Waals surface area contributed by atoms with Crippen LogP contribution in [0.3, 0.4) is 0 Å². The first-order valence-corrected chi connectivity index (χ1v) is 11.8. The molecule has 2 atom stereocenters. The summed E-state index contributed by atoms with van der Waals surface area (Å²) in [5, 5.41) is 0. The van der Waals surface area contributed by atoms with Gasteiger partial charge < -0.3 is 4.74 Å². The Labute approximate surface area is 187 Å². The number of imide groups is 1. The normalized spacial score (nSPS) is 17.7. The van der Waals surface area contributed by atoms with Crippen LogP contribution >= 0.6 is 0 Å². The zero-order chi connectivity index (χ0) is 23.6. The smallest absolute Gasteiger partial charge is 0.308 e. The highest BCUT2D eigenvalue weighted by Crippen LogP contribution is 2.32. The SMILES string of the molecule is CCC(C)N(C1CC(=O)N(c2ccc(OC(C)=O)cc2)C1=O)S(=O)(=O)c1ccc(C)cc1. The predicted octanol–water partition coefficient (Wildman–Crippen LogP) is 3.04. The van der Waals surface area contributed by atoms with Crippen molar-refractivity contribution in [3.05, 3.63) is 54.1 Å². The molecule has 9 heteroatoms. The molecule has 0 saturated carbocycles. The number of hydrogen-bond donors (Lipinski definition) is 0. The van der Waals surface area contributed by atoms with Crippen molar-refractivity contribution in [3.8, 4) is 5.75 Å². The number of carbonyl (C=O) groups is 3. The molecule has 1 aliphatic heterocycles. The number of nitrogens with zero attached hydrogens (tertiary/aromatic N) is 2. The molecule has 1 saturated heterocycles. The standard InChI is InChI=1S/C23H26N2O6S/c1-5-16(3)25(32(29,30)20-12-6-15(2)7-13-20)21-14-22(27)24(23(21)28)18-8-10-19(11-9-18)31-17(4)26/h6-13,16,21H,5,14H2,1-4H3. The highest BCUT2D eigenvalue weighted by molar-refractivity contribution is 7.89. The number of benzene rings is 2. The summed E-state index contributed by atoms with van der Waals surface area (Å²) in [4.78, 5) is 38.2. The van der Waals surface area contributed by atoms with Crippen LogP contribution in [0.2, 0.25) is 0 Å². The lowest BCUT2D eigenvalue weighted by molar-refractivity contribution is -0.132. The molecule has 32 heavy (non-hydrogen) atoms. The molecule has 2 unspecified atom stereocenters. The predicted molar refractivity (Wildman–Crippen MR) is 119 cm³/mol. The Kier molecular flexibility index (Phi) is 6.80. The Morgan fingerprint density at radius 3 is 2.25 bits per heavy atom. The van der Waals surface area contributed by atoms with E-state index in [-0.39, 0.29) is 22.8 Å². The maximum Gasteiger partial charge on any atom is 0.308 e. The van der Waals surface area contributed by atoms with E-state index in [1.54, 1.807) is 19.1 Å². The van der Waals surface area contributed by atoms with Crippen LogP contribution in [0.4, 0.5) is 5.69 Å². The number of aryl methyl sites for hydroxylation is 1. The fourth-order valence-electron chi connectivity index (χ4n) is 3.64. The topological polar surface area (TPSA) is 101 Å². The number of ether oxygens (including phenoxy) is 1. The second-order valence-electron chi connectivity index (χ2n) is 7.78. The minimum atomic E-state index is -4.02. The van der Waals surface area contributed by atoms with Crippen LogP contribution in [0, 0.1) is 6.92 Å². The number of amides is 2. The third-order valence-electron chi connectivity index (χ3n) is 5.41. The average molecular weight is 459 g/mol. The first-order valence-electron chi connectivity index (χ1n) is 10.3. The van der Waals surface area contributed by atoms with Gasteiger partial charge in [-0.05, 0) is 56.7 Å². The third-order valence-corrected chi connectivity index (χ3v) is 7.45. The molecule has 2 aromatic rings. The molecule has 1 fully saturated rings. The van der Waals surface area contributed by atoms with E-state index in [1.165, 1.54) is 43.3 Å². The maximum atomic E-state index is 13.5. The zero-order valence-electron chi connectivity index (χ0n) is 18.4. The Bertz CT molecular complexity index is 1130. The molecule has 0 spiro atoms. The van der Waals surface area contributed by atoms with Gasteiger partial charge in [0.1, 0.15) is 11.8 Å². The van der Waals surface area contributed by atoms with E-state index in [0.29, 0.717) is 6.42 Å². The fourth-order valence-corrected chi connectivity index (χ4v) is 5.48.